The summed E-state index contributed by atoms with van der Waals surface area (Å²) in [5, 5.41) is 0.309. The zero-order valence-corrected chi connectivity index (χ0v) is 16.7. The van der Waals surface area contributed by atoms with Gasteiger partial charge in [-0.15, -0.1) is 41.3 Å². The molecule has 0 spiro atoms. The van der Waals surface area contributed by atoms with Crippen LogP contribution in [-0.4, -0.2) is 30.4 Å². The van der Waals surface area contributed by atoms with Crippen LogP contribution in [-0.2, 0) is 37.5 Å². The Morgan fingerprint density at radius 2 is 2.21 bits per heavy atom. The maximum Gasteiger partial charge on any atom is 0.256 e. The Labute approximate surface area is 170 Å². The molecule has 0 saturated carbocycles. The van der Waals surface area contributed by atoms with E-state index in [0.717, 1.165) is 4.90 Å². The van der Waals surface area contributed by atoms with E-state index in [2.05, 4.69) is 17.9 Å². The van der Waals surface area contributed by atoms with Gasteiger partial charge >= 0.3 is 0 Å². The smallest absolute Gasteiger partial charge is 0.256 e. The first-order valence-corrected chi connectivity index (χ1v) is 7.42. The van der Waals surface area contributed by atoms with Crippen molar-refractivity contribution < 1.29 is 51.0 Å². The van der Waals surface area contributed by atoms with Gasteiger partial charge in [0.15, 0.2) is 0 Å². The molecule has 0 bridgehead atoms. The van der Waals surface area contributed by atoms with Crippen molar-refractivity contribution in [2.24, 2.45) is 0 Å². The Morgan fingerprint density at radius 3 is 2.83 bits per heavy atom. The molecule has 0 unspecified atom stereocenters. The molecule has 0 atom stereocenters. The fourth-order valence-electron chi connectivity index (χ4n) is 2.18. The van der Waals surface area contributed by atoms with Crippen molar-refractivity contribution in [3.05, 3.63) is 34.9 Å². The number of carbonyl (C=O) groups is 1. The van der Waals surface area contributed by atoms with E-state index in [1.807, 2.05) is 0 Å². The first kappa shape index (κ1) is 21.1. The van der Waals surface area contributed by atoms with Crippen molar-refractivity contribution in [1.29, 1.82) is 0 Å². The monoisotopic (exact) mass is 427 g/mol. The predicted octanol–water partition coefficient (Wildman–Crippen LogP) is 3.77. The second-order valence-electron chi connectivity index (χ2n) is 4.78. The molecular formula is C17H15ClF2NO2Y-. The van der Waals surface area contributed by atoms with Crippen molar-refractivity contribution in [1.82, 2.24) is 4.90 Å². The van der Waals surface area contributed by atoms with Crippen LogP contribution in [0.15, 0.2) is 18.2 Å². The number of ether oxygens (including phenoxy) is 1. The summed E-state index contributed by atoms with van der Waals surface area (Å²) in [4.78, 5) is 13.0. The molecule has 125 valence electrons. The maximum atomic E-state index is 12.7. The van der Waals surface area contributed by atoms with E-state index in [-0.39, 0.29) is 51.6 Å². The van der Waals surface area contributed by atoms with E-state index in [0.29, 0.717) is 28.5 Å². The average molecular weight is 428 g/mol. The van der Waals surface area contributed by atoms with Crippen LogP contribution in [0.4, 0.5) is 8.78 Å². The first-order valence-electron chi connectivity index (χ1n) is 7.04. The third-order valence-corrected chi connectivity index (χ3v) is 3.52. The van der Waals surface area contributed by atoms with Crippen molar-refractivity contribution in [3.8, 4) is 17.6 Å². The molecule has 7 heteroatoms. The second kappa shape index (κ2) is 10.1. The van der Waals surface area contributed by atoms with Crippen LogP contribution in [0.25, 0.3) is 5.70 Å². The molecule has 0 aliphatic carbocycles. The fourth-order valence-corrected chi connectivity index (χ4v) is 2.44. The van der Waals surface area contributed by atoms with Gasteiger partial charge in [-0.1, -0.05) is 5.92 Å². The number of allylic oxidation sites excluding steroid dienone is 1. The fraction of sp³-hybridized carbons (Fsp3) is 0.353. The summed E-state index contributed by atoms with van der Waals surface area (Å²) in [6, 6.07) is 4.87. The van der Waals surface area contributed by atoms with Crippen LogP contribution in [0.2, 0.25) is 5.02 Å². The van der Waals surface area contributed by atoms with E-state index < -0.39 is 13.0 Å². The quantitative estimate of drug-likeness (QED) is 0.529. The average Bonchev–Trinajstić information content (AvgIpc) is 2.50. The largest absolute Gasteiger partial charge is 0.481 e. The van der Waals surface area contributed by atoms with E-state index in [1.165, 1.54) is 0 Å². The number of amides is 1. The van der Waals surface area contributed by atoms with Crippen LogP contribution < -0.4 is 4.74 Å². The third kappa shape index (κ3) is 5.55. The molecule has 1 amide bonds. The van der Waals surface area contributed by atoms with Crippen LogP contribution in [0.1, 0.15) is 25.3 Å². The number of hydrogen-bond donors (Lipinski definition) is 0. The van der Waals surface area contributed by atoms with Gasteiger partial charge in [0.2, 0.25) is 5.91 Å². The van der Waals surface area contributed by atoms with Crippen LogP contribution in [0, 0.1) is 17.9 Å². The van der Waals surface area contributed by atoms with Gasteiger partial charge in [-0.25, -0.2) is 14.9 Å². The summed E-state index contributed by atoms with van der Waals surface area (Å²) >= 11 is 6.22. The van der Waals surface area contributed by atoms with Gasteiger partial charge in [0.1, 0.15) is 12.4 Å². The number of benzene rings is 1. The molecule has 1 aliphatic rings. The maximum absolute atomic E-state index is 12.7. The SMILES string of the molecule is CC#CCOc1ccc(C2=[C-]CCC(=O)N2CC(F)F)c(Cl)c1.[Y]. The standard InChI is InChI=1S/C17H15ClF2NO2.Y/c1-2-3-9-23-12-7-8-13(14(18)10-12)15-5-4-6-17(22)21(15)11-16(19)20;/h7-8,10,16H,4,6,9,11H2,1H3;/q-1;. The Hall–Kier alpha value is -0.956. The van der Waals surface area contributed by atoms with Gasteiger partial charge in [0, 0.05) is 39.1 Å². The molecule has 1 heterocycles. The molecule has 3 nitrogen and oxygen atoms in total. The first-order chi connectivity index (χ1) is 11.0. The molecule has 0 fully saturated rings. The van der Waals surface area contributed by atoms with E-state index in [9.17, 15) is 13.6 Å². The van der Waals surface area contributed by atoms with Crippen LogP contribution in [0.5, 0.6) is 5.75 Å². The summed E-state index contributed by atoms with van der Waals surface area (Å²) in [7, 11) is 0. The summed E-state index contributed by atoms with van der Waals surface area (Å²) in [5.74, 6) is 5.63. The summed E-state index contributed by atoms with van der Waals surface area (Å²) in [5.41, 5.74) is 0.778. The summed E-state index contributed by atoms with van der Waals surface area (Å²) in [6.45, 7) is 1.28. The van der Waals surface area contributed by atoms with Crippen LogP contribution >= 0.6 is 11.6 Å². The molecule has 1 aliphatic heterocycles. The van der Waals surface area contributed by atoms with Gasteiger partial charge in [0.25, 0.3) is 6.43 Å². The van der Waals surface area contributed by atoms with Crippen molar-refractivity contribution >= 4 is 23.2 Å². The number of carbonyl (C=O) groups excluding carboxylic acids is 1. The molecule has 1 aromatic rings. The summed E-state index contributed by atoms with van der Waals surface area (Å²) in [6.07, 6.45) is 0.907. The third-order valence-electron chi connectivity index (χ3n) is 3.21. The number of hydrogen-bond acceptors (Lipinski definition) is 2. The van der Waals surface area contributed by atoms with E-state index in [1.54, 1.807) is 25.1 Å². The number of nitrogens with zero attached hydrogens (tertiary/aromatic N) is 1. The van der Waals surface area contributed by atoms with Crippen molar-refractivity contribution in [3.63, 3.8) is 0 Å². The topological polar surface area (TPSA) is 29.5 Å². The second-order valence-corrected chi connectivity index (χ2v) is 5.19. The minimum absolute atomic E-state index is 0. The zero-order valence-electron chi connectivity index (χ0n) is 13.1. The molecule has 1 radical (unpaired) electrons. The molecule has 2 rings (SSSR count). The number of rotatable bonds is 5. The predicted molar refractivity (Wildman–Crippen MR) is 84.0 cm³/mol. The Morgan fingerprint density at radius 1 is 1.46 bits per heavy atom. The Bertz CT molecular complexity index is 683. The molecule has 0 saturated heterocycles. The minimum atomic E-state index is -2.62. The normalized spacial score (nSPS) is 13.8. The van der Waals surface area contributed by atoms with Gasteiger partial charge in [-0.05, 0) is 24.1 Å². The Kier molecular flexibility index (Phi) is 8.90. The van der Waals surface area contributed by atoms with E-state index in [4.69, 9.17) is 16.3 Å². The number of alkyl halides is 2. The van der Waals surface area contributed by atoms with Crippen molar-refractivity contribution in [2.45, 2.75) is 26.2 Å². The molecule has 0 aromatic heterocycles. The Balaban J connectivity index is 0.00000288. The van der Waals surface area contributed by atoms with Gasteiger partial charge in [0.05, 0.1) is 6.54 Å². The van der Waals surface area contributed by atoms with E-state index >= 15 is 0 Å². The molecule has 1 aromatic carbocycles. The van der Waals surface area contributed by atoms with Crippen LogP contribution in [0.3, 0.4) is 0 Å². The molecular weight excluding hydrogens is 413 g/mol. The number of halogens is 3. The minimum Gasteiger partial charge on any atom is -0.481 e. The van der Waals surface area contributed by atoms with Crippen molar-refractivity contribution in [2.75, 3.05) is 13.2 Å². The molecule has 0 N–H and O–H groups in total. The molecule has 24 heavy (non-hydrogen) atoms. The zero-order chi connectivity index (χ0) is 16.8. The summed E-state index contributed by atoms with van der Waals surface area (Å²) < 4.78 is 30.8. The van der Waals surface area contributed by atoms with Gasteiger partial charge < -0.3 is 9.64 Å². The van der Waals surface area contributed by atoms with Gasteiger partial charge in [-0.3, -0.25) is 4.79 Å². The van der Waals surface area contributed by atoms with Gasteiger partial charge in [-0.2, -0.15) is 0 Å².